The molecular weight excluding hydrogens is 234 g/mol. The van der Waals surface area contributed by atoms with E-state index in [2.05, 4.69) is 49.2 Å². The number of hydrogen-bond acceptors (Lipinski definition) is 3. The first-order valence-electron chi connectivity index (χ1n) is 6.99. The number of rotatable bonds is 4. The van der Waals surface area contributed by atoms with Gasteiger partial charge in [0.2, 0.25) is 0 Å². The van der Waals surface area contributed by atoms with Crippen molar-refractivity contribution in [3.8, 4) is 0 Å². The summed E-state index contributed by atoms with van der Waals surface area (Å²) in [7, 11) is 2.14. The molecule has 2 N–H and O–H groups in total. The molecule has 0 spiro atoms. The second kappa shape index (κ2) is 4.82. The minimum absolute atomic E-state index is 0.492. The molecule has 2 unspecified atom stereocenters. The van der Waals surface area contributed by atoms with Gasteiger partial charge in [-0.25, -0.2) is 4.98 Å². The van der Waals surface area contributed by atoms with Gasteiger partial charge in [0.25, 0.3) is 0 Å². The molecule has 3 nitrogen and oxygen atoms in total. The number of nitrogens with two attached hydrogens (primary N) is 1. The Hall–Kier alpha value is -1.61. The number of aromatic nitrogens is 1. The van der Waals surface area contributed by atoms with Crippen molar-refractivity contribution in [1.82, 2.24) is 4.98 Å². The summed E-state index contributed by atoms with van der Waals surface area (Å²) >= 11 is 0. The first kappa shape index (κ1) is 12.4. The first-order valence-corrected chi connectivity index (χ1v) is 6.99. The second-order valence-corrected chi connectivity index (χ2v) is 5.72. The molecular formula is C16H21N3. The van der Waals surface area contributed by atoms with Crippen LogP contribution in [0.25, 0.3) is 10.8 Å². The van der Waals surface area contributed by atoms with Crippen molar-refractivity contribution in [2.24, 2.45) is 17.6 Å². The van der Waals surface area contributed by atoms with E-state index in [9.17, 15) is 0 Å². The average Bonchev–Trinajstić information content (AvgIpc) is 3.12. The summed E-state index contributed by atoms with van der Waals surface area (Å²) < 4.78 is 0. The van der Waals surface area contributed by atoms with E-state index in [-0.39, 0.29) is 0 Å². The number of nitrogens with zero attached hydrogens (tertiary/aromatic N) is 2. The molecule has 0 saturated heterocycles. The highest BCUT2D eigenvalue weighted by Crippen LogP contribution is 2.39. The zero-order chi connectivity index (χ0) is 13.4. The normalized spacial score (nSPS) is 21.6. The van der Waals surface area contributed by atoms with Crippen LogP contribution in [0.4, 0.5) is 5.82 Å². The molecule has 2 aromatic rings. The van der Waals surface area contributed by atoms with Gasteiger partial charge in [-0.15, -0.1) is 0 Å². The van der Waals surface area contributed by atoms with Crippen LogP contribution in [-0.4, -0.2) is 18.6 Å². The Labute approximate surface area is 114 Å². The molecule has 0 amide bonds. The van der Waals surface area contributed by atoms with Gasteiger partial charge in [-0.2, -0.15) is 0 Å². The summed E-state index contributed by atoms with van der Waals surface area (Å²) in [5.41, 5.74) is 6.73. The van der Waals surface area contributed by atoms with Crippen LogP contribution in [0, 0.1) is 11.8 Å². The van der Waals surface area contributed by atoms with Crippen molar-refractivity contribution in [3.63, 3.8) is 0 Å². The van der Waals surface area contributed by atoms with Crippen LogP contribution < -0.4 is 10.6 Å². The Morgan fingerprint density at radius 1 is 1.37 bits per heavy atom. The highest BCUT2D eigenvalue weighted by atomic mass is 15.2. The zero-order valence-corrected chi connectivity index (χ0v) is 11.6. The van der Waals surface area contributed by atoms with Gasteiger partial charge in [0.05, 0.1) is 5.69 Å². The molecule has 3 heteroatoms. The van der Waals surface area contributed by atoms with Gasteiger partial charge in [0.1, 0.15) is 5.82 Å². The Morgan fingerprint density at radius 2 is 2.11 bits per heavy atom. The van der Waals surface area contributed by atoms with Crippen molar-refractivity contribution in [2.75, 3.05) is 18.5 Å². The fourth-order valence-electron chi connectivity index (χ4n) is 2.72. The predicted molar refractivity (Wildman–Crippen MR) is 80.2 cm³/mol. The molecule has 1 aromatic carbocycles. The molecule has 1 heterocycles. The van der Waals surface area contributed by atoms with E-state index in [1.54, 1.807) is 0 Å². The van der Waals surface area contributed by atoms with E-state index in [0.717, 1.165) is 29.9 Å². The maximum atomic E-state index is 5.76. The molecule has 0 aliphatic heterocycles. The maximum Gasteiger partial charge on any atom is 0.136 e. The number of anilines is 1. The van der Waals surface area contributed by atoms with Gasteiger partial charge in [-0.3, -0.25) is 0 Å². The molecule has 0 bridgehead atoms. The summed E-state index contributed by atoms with van der Waals surface area (Å²) in [5, 5.41) is 2.44. The number of benzene rings is 1. The van der Waals surface area contributed by atoms with Crippen LogP contribution in [0.5, 0.6) is 0 Å². The molecule has 1 aromatic heterocycles. The van der Waals surface area contributed by atoms with Crippen LogP contribution in [0.2, 0.25) is 0 Å². The number of hydrogen-bond donors (Lipinski definition) is 1. The van der Waals surface area contributed by atoms with E-state index in [1.807, 2.05) is 0 Å². The quantitative estimate of drug-likeness (QED) is 0.913. The molecule has 0 radical (unpaired) electrons. The van der Waals surface area contributed by atoms with Gasteiger partial charge >= 0.3 is 0 Å². The van der Waals surface area contributed by atoms with Gasteiger partial charge in [0, 0.05) is 25.5 Å². The smallest absolute Gasteiger partial charge is 0.136 e. The van der Waals surface area contributed by atoms with Crippen molar-refractivity contribution < 1.29 is 0 Å². The third-order valence-corrected chi connectivity index (χ3v) is 4.13. The summed E-state index contributed by atoms with van der Waals surface area (Å²) in [6, 6.07) is 10.5. The third-order valence-electron chi connectivity index (χ3n) is 4.13. The molecule has 1 aliphatic carbocycles. The predicted octanol–water partition coefficient (Wildman–Crippen LogP) is 2.79. The van der Waals surface area contributed by atoms with Crippen molar-refractivity contribution in [1.29, 1.82) is 0 Å². The first-order chi connectivity index (χ1) is 9.19. The summed E-state index contributed by atoms with van der Waals surface area (Å²) in [4.78, 5) is 7.01. The molecule has 2 atom stereocenters. The minimum Gasteiger partial charge on any atom is -0.359 e. The standard InChI is InChI=1S/C16H21N3/c1-11-7-13(11)10-19(2)16-15-6-4-3-5-12(15)8-14(9-17)18-16/h3-6,8,11,13H,7,9-10,17H2,1-2H3. The highest BCUT2D eigenvalue weighted by Gasteiger charge is 2.33. The van der Waals surface area contributed by atoms with Gasteiger partial charge < -0.3 is 10.6 Å². The van der Waals surface area contributed by atoms with E-state index < -0.39 is 0 Å². The van der Waals surface area contributed by atoms with Crippen LogP contribution in [-0.2, 0) is 6.54 Å². The fraction of sp³-hybridized carbons (Fsp3) is 0.438. The van der Waals surface area contributed by atoms with Gasteiger partial charge in [-0.1, -0.05) is 31.2 Å². The molecule has 1 aliphatic rings. The molecule has 1 saturated carbocycles. The van der Waals surface area contributed by atoms with Crippen molar-refractivity contribution in [2.45, 2.75) is 19.9 Å². The van der Waals surface area contributed by atoms with Crippen LogP contribution >= 0.6 is 0 Å². The third kappa shape index (κ3) is 2.43. The minimum atomic E-state index is 0.492. The Bertz CT molecular complexity index is 594. The Morgan fingerprint density at radius 3 is 2.79 bits per heavy atom. The SMILES string of the molecule is CC1CC1CN(C)c1nc(CN)cc2ccccc12. The summed E-state index contributed by atoms with van der Waals surface area (Å²) in [6.45, 7) is 3.90. The van der Waals surface area contributed by atoms with Crippen molar-refractivity contribution >= 4 is 16.6 Å². The lowest BCUT2D eigenvalue weighted by molar-refractivity contribution is 0.720. The van der Waals surface area contributed by atoms with Crippen LogP contribution in [0.15, 0.2) is 30.3 Å². The number of pyridine rings is 1. The maximum absolute atomic E-state index is 5.76. The lowest BCUT2D eigenvalue weighted by Gasteiger charge is -2.21. The van der Waals surface area contributed by atoms with Gasteiger partial charge in [-0.05, 0) is 29.7 Å². The van der Waals surface area contributed by atoms with E-state index >= 15 is 0 Å². The molecule has 3 rings (SSSR count). The lowest BCUT2D eigenvalue weighted by Crippen LogP contribution is -2.22. The topological polar surface area (TPSA) is 42.2 Å². The average molecular weight is 255 g/mol. The van der Waals surface area contributed by atoms with Crippen LogP contribution in [0.3, 0.4) is 0 Å². The Balaban J connectivity index is 2.00. The fourth-order valence-corrected chi connectivity index (χ4v) is 2.72. The molecule has 100 valence electrons. The number of fused-ring (bicyclic) bond motifs is 1. The summed E-state index contributed by atoms with van der Waals surface area (Å²) in [6.07, 6.45) is 1.35. The second-order valence-electron chi connectivity index (χ2n) is 5.72. The monoisotopic (exact) mass is 255 g/mol. The van der Waals surface area contributed by atoms with Crippen LogP contribution in [0.1, 0.15) is 19.0 Å². The largest absolute Gasteiger partial charge is 0.359 e. The lowest BCUT2D eigenvalue weighted by atomic mass is 10.1. The van der Waals surface area contributed by atoms with E-state index in [1.165, 1.54) is 17.2 Å². The highest BCUT2D eigenvalue weighted by molar-refractivity contribution is 5.92. The Kier molecular flexibility index (Phi) is 3.15. The van der Waals surface area contributed by atoms with Gasteiger partial charge in [0.15, 0.2) is 0 Å². The zero-order valence-electron chi connectivity index (χ0n) is 11.6. The van der Waals surface area contributed by atoms with Crippen molar-refractivity contribution in [3.05, 3.63) is 36.0 Å². The van der Waals surface area contributed by atoms with E-state index in [0.29, 0.717) is 6.54 Å². The molecule has 19 heavy (non-hydrogen) atoms. The molecule has 1 fully saturated rings. The summed E-state index contributed by atoms with van der Waals surface area (Å²) in [5.74, 6) is 2.76. The van der Waals surface area contributed by atoms with E-state index in [4.69, 9.17) is 10.7 Å².